The first-order chi connectivity index (χ1) is 13.1. The standard InChI is InChI=1S/C20H20ClN3O2S/c21-14-7-5-6-13(10-14)11-22-18(25)15-12-23-20-24(19(15)26)16-8-3-1-2-4-9-17(16)27-20/h5-7,10,12H,1-4,8-9,11H2,(H,22,25). The Balaban J connectivity index is 1.63. The van der Waals surface area contributed by atoms with Crippen LogP contribution in [0.5, 0.6) is 0 Å². The number of carbonyl (C=O) groups excluding carboxylic acids is 1. The molecule has 140 valence electrons. The van der Waals surface area contributed by atoms with Crippen molar-refractivity contribution in [1.29, 1.82) is 0 Å². The molecule has 1 N–H and O–H groups in total. The highest BCUT2D eigenvalue weighted by atomic mass is 35.5. The van der Waals surface area contributed by atoms with Crippen LogP contribution in [0.15, 0.2) is 35.3 Å². The summed E-state index contributed by atoms with van der Waals surface area (Å²) < 4.78 is 1.65. The molecule has 4 rings (SSSR count). The first-order valence-corrected chi connectivity index (χ1v) is 10.4. The second-order valence-corrected chi connectivity index (χ2v) is 8.29. The largest absolute Gasteiger partial charge is 0.348 e. The van der Waals surface area contributed by atoms with Gasteiger partial charge < -0.3 is 5.32 Å². The summed E-state index contributed by atoms with van der Waals surface area (Å²) >= 11 is 7.55. The van der Waals surface area contributed by atoms with E-state index in [-0.39, 0.29) is 11.1 Å². The van der Waals surface area contributed by atoms with Gasteiger partial charge in [0.05, 0.1) is 0 Å². The molecule has 0 unspecified atom stereocenters. The van der Waals surface area contributed by atoms with E-state index in [1.165, 1.54) is 23.9 Å². The lowest BCUT2D eigenvalue weighted by molar-refractivity contribution is 0.0949. The molecule has 1 aromatic carbocycles. The third kappa shape index (κ3) is 3.77. The van der Waals surface area contributed by atoms with E-state index in [9.17, 15) is 9.59 Å². The average molecular weight is 402 g/mol. The first-order valence-electron chi connectivity index (χ1n) is 9.18. The van der Waals surface area contributed by atoms with Crippen LogP contribution in [0.4, 0.5) is 0 Å². The Labute approximate surface area is 166 Å². The molecule has 1 amide bonds. The lowest BCUT2D eigenvalue weighted by atomic mass is 10.0. The van der Waals surface area contributed by atoms with E-state index in [2.05, 4.69) is 10.3 Å². The van der Waals surface area contributed by atoms with E-state index in [1.54, 1.807) is 27.9 Å². The lowest BCUT2D eigenvalue weighted by Gasteiger charge is -2.10. The molecule has 1 aliphatic rings. The van der Waals surface area contributed by atoms with Crippen molar-refractivity contribution >= 4 is 33.8 Å². The molecule has 1 aliphatic carbocycles. The summed E-state index contributed by atoms with van der Waals surface area (Å²) in [6.07, 6.45) is 7.86. The summed E-state index contributed by atoms with van der Waals surface area (Å²) in [4.78, 5) is 31.9. The van der Waals surface area contributed by atoms with Gasteiger partial charge in [-0.25, -0.2) is 4.98 Å². The van der Waals surface area contributed by atoms with Gasteiger partial charge in [0.25, 0.3) is 11.5 Å². The van der Waals surface area contributed by atoms with Gasteiger partial charge in [0, 0.05) is 28.3 Å². The summed E-state index contributed by atoms with van der Waals surface area (Å²) in [6.45, 7) is 0.309. The minimum atomic E-state index is -0.410. The van der Waals surface area contributed by atoms with Crippen LogP contribution in [0.3, 0.4) is 0 Å². The van der Waals surface area contributed by atoms with Gasteiger partial charge >= 0.3 is 0 Å². The normalized spacial score (nSPS) is 14.4. The number of benzene rings is 1. The van der Waals surface area contributed by atoms with E-state index < -0.39 is 5.91 Å². The molecule has 2 aromatic heterocycles. The molecule has 0 spiro atoms. The smallest absolute Gasteiger partial charge is 0.271 e. The van der Waals surface area contributed by atoms with Crippen molar-refractivity contribution in [2.75, 3.05) is 0 Å². The number of fused-ring (bicyclic) bond motifs is 3. The minimum absolute atomic E-state index is 0.0807. The quantitative estimate of drug-likeness (QED) is 0.721. The summed E-state index contributed by atoms with van der Waals surface area (Å²) in [7, 11) is 0. The molecule has 0 saturated heterocycles. The highest BCUT2D eigenvalue weighted by Gasteiger charge is 2.20. The van der Waals surface area contributed by atoms with Crippen molar-refractivity contribution in [2.24, 2.45) is 0 Å². The van der Waals surface area contributed by atoms with Crippen molar-refractivity contribution < 1.29 is 4.79 Å². The average Bonchev–Trinajstić information content (AvgIpc) is 2.97. The fourth-order valence-electron chi connectivity index (χ4n) is 3.50. The highest BCUT2D eigenvalue weighted by Crippen LogP contribution is 2.27. The third-order valence-corrected chi connectivity index (χ3v) is 6.28. The van der Waals surface area contributed by atoms with Gasteiger partial charge in [0.15, 0.2) is 4.96 Å². The summed E-state index contributed by atoms with van der Waals surface area (Å²) in [5.74, 6) is -0.410. The maximum Gasteiger partial charge on any atom is 0.271 e. The van der Waals surface area contributed by atoms with E-state index in [0.29, 0.717) is 16.5 Å². The van der Waals surface area contributed by atoms with Crippen LogP contribution in [0.1, 0.15) is 52.2 Å². The molecule has 27 heavy (non-hydrogen) atoms. The van der Waals surface area contributed by atoms with Crippen molar-refractivity contribution in [1.82, 2.24) is 14.7 Å². The van der Waals surface area contributed by atoms with Crippen molar-refractivity contribution in [3.63, 3.8) is 0 Å². The monoisotopic (exact) mass is 401 g/mol. The summed E-state index contributed by atoms with van der Waals surface area (Å²) in [5.41, 5.74) is 1.72. The number of hydrogen-bond donors (Lipinski definition) is 1. The predicted molar refractivity (Wildman–Crippen MR) is 108 cm³/mol. The number of aromatic nitrogens is 2. The molecule has 0 aliphatic heterocycles. The van der Waals surface area contributed by atoms with Gasteiger partial charge in [0.1, 0.15) is 5.56 Å². The molecule has 0 radical (unpaired) electrons. The van der Waals surface area contributed by atoms with Crippen LogP contribution < -0.4 is 10.9 Å². The number of halogens is 1. The van der Waals surface area contributed by atoms with Crippen LogP contribution in [0, 0.1) is 0 Å². The number of nitrogens with one attached hydrogen (secondary N) is 1. The molecule has 0 atom stereocenters. The van der Waals surface area contributed by atoms with Gasteiger partial charge in [-0.2, -0.15) is 0 Å². The number of hydrogen-bond acceptors (Lipinski definition) is 4. The maximum absolute atomic E-state index is 13.0. The number of carbonyl (C=O) groups is 1. The molecular weight excluding hydrogens is 382 g/mol. The van der Waals surface area contributed by atoms with E-state index in [1.807, 2.05) is 12.1 Å². The molecular formula is C20H20ClN3O2S. The topological polar surface area (TPSA) is 63.5 Å². The second-order valence-electron chi connectivity index (χ2n) is 6.79. The number of aryl methyl sites for hydroxylation is 2. The Bertz CT molecular complexity index is 1060. The molecule has 7 heteroatoms. The van der Waals surface area contributed by atoms with Gasteiger partial charge in [-0.3, -0.25) is 14.0 Å². The Morgan fingerprint density at radius 2 is 2.04 bits per heavy atom. The van der Waals surface area contributed by atoms with E-state index in [4.69, 9.17) is 11.6 Å². The zero-order valence-corrected chi connectivity index (χ0v) is 16.4. The van der Waals surface area contributed by atoms with E-state index in [0.717, 1.165) is 36.9 Å². The molecule has 5 nitrogen and oxygen atoms in total. The molecule has 0 saturated carbocycles. The van der Waals surface area contributed by atoms with Crippen LogP contribution in [-0.4, -0.2) is 15.3 Å². The zero-order chi connectivity index (χ0) is 18.8. The molecule has 2 heterocycles. The van der Waals surface area contributed by atoms with Crippen LogP contribution >= 0.6 is 22.9 Å². The van der Waals surface area contributed by atoms with Crippen molar-refractivity contribution in [3.8, 4) is 0 Å². The summed E-state index contributed by atoms with van der Waals surface area (Å²) in [6, 6.07) is 7.28. The lowest BCUT2D eigenvalue weighted by Crippen LogP contribution is -2.31. The number of thiazole rings is 1. The number of rotatable bonds is 3. The van der Waals surface area contributed by atoms with E-state index >= 15 is 0 Å². The third-order valence-electron chi connectivity index (χ3n) is 4.89. The van der Waals surface area contributed by atoms with Gasteiger partial charge in [-0.1, -0.05) is 36.6 Å². The van der Waals surface area contributed by atoms with Gasteiger partial charge in [-0.15, -0.1) is 11.3 Å². The van der Waals surface area contributed by atoms with Crippen LogP contribution in [0.2, 0.25) is 5.02 Å². The number of amides is 1. The molecule has 3 aromatic rings. The Hall–Kier alpha value is -2.18. The van der Waals surface area contributed by atoms with Crippen molar-refractivity contribution in [3.05, 3.63) is 67.5 Å². The van der Waals surface area contributed by atoms with Crippen molar-refractivity contribution in [2.45, 2.75) is 45.1 Å². The predicted octanol–water partition coefficient (Wildman–Crippen LogP) is 4.00. The fourth-order valence-corrected chi connectivity index (χ4v) is 4.88. The second kappa shape index (κ2) is 7.82. The first kappa shape index (κ1) is 18.2. The highest BCUT2D eigenvalue weighted by molar-refractivity contribution is 7.17. The van der Waals surface area contributed by atoms with Gasteiger partial charge in [-0.05, 0) is 43.4 Å². The van der Waals surface area contributed by atoms with Crippen LogP contribution in [0.25, 0.3) is 4.96 Å². The molecule has 0 fully saturated rings. The zero-order valence-electron chi connectivity index (χ0n) is 14.8. The fraction of sp³-hybridized carbons (Fsp3) is 0.350. The Kier molecular flexibility index (Phi) is 5.27. The number of nitrogens with zero attached hydrogens (tertiary/aromatic N) is 2. The molecule has 0 bridgehead atoms. The summed E-state index contributed by atoms with van der Waals surface area (Å²) in [5, 5.41) is 3.41. The maximum atomic E-state index is 13.0. The minimum Gasteiger partial charge on any atom is -0.348 e. The van der Waals surface area contributed by atoms with Gasteiger partial charge in [0.2, 0.25) is 0 Å². The van der Waals surface area contributed by atoms with Crippen LogP contribution in [-0.2, 0) is 19.4 Å². The SMILES string of the molecule is O=C(NCc1cccc(Cl)c1)c1cnc2sc3c(n2c1=O)CCCCCC3. The Morgan fingerprint density at radius 1 is 1.22 bits per heavy atom. The Morgan fingerprint density at radius 3 is 2.85 bits per heavy atom.